The van der Waals surface area contributed by atoms with Crippen LogP contribution in [0.2, 0.25) is 0 Å². The van der Waals surface area contributed by atoms with Crippen LogP contribution >= 0.6 is 0 Å². The molecule has 0 fully saturated rings. The Morgan fingerprint density at radius 1 is 0.778 bits per heavy atom. The number of aryl methyl sites for hydroxylation is 2. The van der Waals surface area contributed by atoms with E-state index in [1.165, 1.54) is 0 Å². The lowest BCUT2D eigenvalue weighted by Gasteiger charge is -2.09. The Morgan fingerprint density at radius 3 is 1.81 bits per heavy atom. The van der Waals surface area contributed by atoms with Gasteiger partial charge in [-0.2, -0.15) is 0 Å². The molecular weight excluding hydrogens is 342 g/mol. The van der Waals surface area contributed by atoms with Gasteiger partial charge in [0, 0.05) is 0 Å². The third-order valence-electron chi connectivity index (χ3n) is 4.29. The van der Waals surface area contributed by atoms with Gasteiger partial charge in [0.1, 0.15) is 0 Å². The summed E-state index contributed by atoms with van der Waals surface area (Å²) in [5, 5.41) is 25.2. The van der Waals surface area contributed by atoms with Crippen LogP contribution in [0, 0.1) is 6.92 Å². The standard InChI is InChI=1S/C18H21N9/c1-5-14-10-26(23-20-14)16-6-15(25-9-13(4)19-22-25)7-17(8-16)27-11-18(12(2)3)21-24-27/h6-12H,5H2,1-4H3. The van der Waals surface area contributed by atoms with Gasteiger partial charge in [0.25, 0.3) is 0 Å². The molecular formula is C18H21N9. The van der Waals surface area contributed by atoms with E-state index >= 15 is 0 Å². The molecule has 3 aromatic heterocycles. The number of nitrogens with zero attached hydrogens (tertiary/aromatic N) is 9. The number of hydrogen-bond donors (Lipinski definition) is 0. The van der Waals surface area contributed by atoms with Gasteiger partial charge in [0.15, 0.2) is 0 Å². The first-order valence-corrected chi connectivity index (χ1v) is 8.92. The second-order valence-corrected chi connectivity index (χ2v) is 6.76. The molecule has 0 saturated carbocycles. The molecule has 9 heteroatoms. The summed E-state index contributed by atoms with van der Waals surface area (Å²) in [6.45, 7) is 8.15. The highest BCUT2D eigenvalue weighted by Gasteiger charge is 2.12. The van der Waals surface area contributed by atoms with Crippen molar-refractivity contribution in [3.8, 4) is 17.1 Å². The van der Waals surface area contributed by atoms with E-state index in [0.29, 0.717) is 5.92 Å². The van der Waals surface area contributed by atoms with E-state index in [2.05, 4.69) is 51.7 Å². The van der Waals surface area contributed by atoms with Crippen molar-refractivity contribution in [2.45, 2.75) is 40.0 Å². The van der Waals surface area contributed by atoms with Crippen molar-refractivity contribution >= 4 is 0 Å². The van der Waals surface area contributed by atoms with Crippen LogP contribution in [0.5, 0.6) is 0 Å². The van der Waals surface area contributed by atoms with E-state index in [1.54, 1.807) is 14.0 Å². The molecule has 0 aliphatic rings. The molecule has 0 bridgehead atoms. The van der Waals surface area contributed by atoms with Crippen LogP contribution in [0.1, 0.15) is 43.8 Å². The zero-order valence-electron chi connectivity index (χ0n) is 15.8. The smallest absolute Gasteiger partial charge is 0.0857 e. The molecule has 0 saturated heterocycles. The monoisotopic (exact) mass is 363 g/mol. The van der Waals surface area contributed by atoms with Crippen LogP contribution in [0.3, 0.4) is 0 Å². The van der Waals surface area contributed by atoms with Gasteiger partial charge in [-0.1, -0.05) is 36.4 Å². The maximum atomic E-state index is 4.28. The van der Waals surface area contributed by atoms with E-state index in [9.17, 15) is 0 Å². The molecule has 4 aromatic rings. The fourth-order valence-electron chi connectivity index (χ4n) is 2.70. The fraction of sp³-hybridized carbons (Fsp3) is 0.333. The van der Waals surface area contributed by atoms with Gasteiger partial charge in [0.05, 0.1) is 52.7 Å². The number of benzene rings is 1. The second-order valence-electron chi connectivity index (χ2n) is 6.76. The van der Waals surface area contributed by atoms with Gasteiger partial charge < -0.3 is 0 Å². The summed E-state index contributed by atoms with van der Waals surface area (Å²) >= 11 is 0. The van der Waals surface area contributed by atoms with E-state index in [1.807, 2.05) is 43.7 Å². The minimum Gasteiger partial charge on any atom is -0.220 e. The SMILES string of the molecule is CCc1cn(-c2cc(-n3cc(C)nn3)cc(-n3cc(C(C)C)nn3)c2)nn1. The van der Waals surface area contributed by atoms with E-state index in [4.69, 9.17) is 0 Å². The Labute approximate surface area is 156 Å². The van der Waals surface area contributed by atoms with Crippen molar-refractivity contribution < 1.29 is 0 Å². The van der Waals surface area contributed by atoms with Gasteiger partial charge in [0.2, 0.25) is 0 Å². The normalized spacial score (nSPS) is 11.4. The van der Waals surface area contributed by atoms with Gasteiger partial charge in [-0.15, -0.1) is 15.3 Å². The summed E-state index contributed by atoms with van der Waals surface area (Å²) in [5.41, 5.74) is 5.30. The number of rotatable bonds is 5. The number of aromatic nitrogens is 9. The predicted octanol–water partition coefficient (Wildman–Crippen LogP) is 2.42. The van der Waals surface area contributed by atoms with Crippen LogP contribution in [-0.2, 0) is 6.42 Å². The lowest BCUT2D eigenvalue weighted by molar-refractivity contribution is 0.762. The van der Waals surface area contributed by atoms with Gasteiger partial charge in [-0.25, -0.2) is 14.0 Å². The Hall–Kier alpha value is -3.36. The zero-order chi connectivity index (χ0) is 19.0. The minimum atomic E-state index is 0.307. The van der Waals surface area contributed by atoms with Crippen molar-refractivity contribution in [1.29, 1.82) is 0 Å². The first kappa shape index (κ1) is 17.1. The third kappa shape index (κ3) is 3.35. The van der Waals surface area contributed by atoms with Crippen molar-refractivity contribution in [3.05, 3.63) is 53.9 Å². The van der Waals surface area contributed by atoms with Crippen LogP contribution < -0.4 is 0 Å². The predicted molar refractivity (Wildman–Crippen MR) is 99.4 cm³/mol. The molecule has 4 rings (SSSR count). The molecule has 0 spiro atoms. The summed E-state index contributed by atoms with van der Waals surface area (Å²) in [5.74, 6) is 0.307. The molecule has 27 heavy (non-hydrogen) atoms. The largest absolute Gasteiger partial charge is 0.220 e. The average molecular weight is 363 g/mol. The van der Waals surface area contributed by atoms with Crippen LogP contribution in [-0.4, -0.2) is 45.0 Å². The molecule has 3 heterocycles. The molecule has 0 amide bonds. The van der Waals surface area contributed by atoms with Crippen LogP contribution in [0.15, 0.2) is 36.8 Å². The lowest BCUT2D eigenvalue weighted by Crippen LogP contribution is -2.04. The maximum absolute atomic E-state index is 4.28. The Balaban J connectivity index is 1.85. The molecule has 0 unspecified atom stereocenters. The maximum Gasteiger partial charge on any atom is 0.0857 e. The third-order valence-corrected chi connectivity index (χ3v) is 4.29. The molecule has 0 aliphatic carbocycles. The minimum absolute atomic E-state index is 0.307. The van der Waals surface area contributed by atoms with Crippen molar-refractivity contribution in [1.82, 2.24) is 45.0 Å². The first-order chi connectivity index (χ1) is 13.0. The number of hydrogen-bond acceptors (Lipinski definition) is 6. The highest BCUT2D eigenvalue weighted by molar-refractivity contribution is 5.52. The van der Waals surface area contributed by atoms with Crippen molar-refractivity contribution in [3.63, 3.8) is 0 Å². The highest BCUT2D eigenvalue weighted by Crippen LogP contribution is 2.21. The zero-order valence-corrected chi connectivity index (χ0v) is 15.8. The molecule has 0 N–H and O–H groups in total. The van der Waals surface area contributed by atoms with Gasteiger partial charge in [-0.05, 0) is 37.5 Å². The molecule has 138 valence electrons. The van der Waals surface area contributed by atoms with E-state index in [0.717, 1.165) is 40.6 Å². The molecule has 1 aromatic carbocycles. The first-order valence-electron chi connectivity index (χ1n) is 8.92. The van der Waals surface area contributed by atoms with E-state index < -0.39 is 0 Å². The summed E-state index contributed by atoms with van der Waals surface area (Å²) < 4.78 is 5.26. The van der Waals surface area contributed by atoms with Crippen LogP contribution in [0.4, 0.5) is 0 Å². The second kappa shape index (κ2) is 6.75. The molecule has 0 radical (unpaired) electrons. The van der Waals surface area contributed by atoms with Gasteiger partial charge in [-0.3, -0.25) is 0 Å². The molecule has 0 aliphatic heterocycles. The van der Waals surface area contributed by atoms with Gasteiger partial charge >= 0.3 is 0 Å². The topological polar surface area (TPSA) is 92.1 Å². The fourth-order valence-corrected chi connectivity index (χ4v) is 2.70. The van der Waals surface area contributed by atoms with Crippen LogP contribution in [0.25, 0.3) is 17.1 Å². The van der Waals surface area contributed by atoms with Crippen molar-refractivity contribution in [2.75, 3.05) is 0 Å². The summed E-state index contributed by atoms with van der Waals surface area (Å²) in [6, 6.07) is 5.99. The average Bonchev–Trinajstić information content (AvgIpc) is 3.41. The van der Waals surface area contributed by atoms with Crippen molar-refractivity contribution in [2.24, 2.45) is 0 Å². The Morgan fingerprint density at radius 2 is 1.33 bits per heavy atom. The Kier molecular flexibility index (Phi) is 4.27. The highest BCUT2D eigenvalue weighted by atomic mass is 15.4. The quantitative estimate of drug-likeness (QED) is 0.541. The molecule has 0 atom stereocenters. The summed E-state index contributed by atoms with van der Waals surface area (Å²) in [6.07, 6.45) is 6.58. The summed E-state index contributed by atoms with van der Waals surface area (Å²) in [7, 11) is 0. The molecule has 9 nitrogen and oxygen atoms in total. The summed E-state index contributed by atoms with van der Waals surface area (Å²) in [4.78, 5) is 0. The lowest BCUT2D eigenvalue weighted by atomic mass is 10.1. The van der Waals surface area contributed by atoms with E-state index in [-0.39, 0.29) is 0 Å². The Bertz CT molecular complexity index is 1070.